The van der Waals surface area contributed by atoms with Gasteiger partial charge < -0.3 is 4.98 Å². The van der Waals surface area contributed by atoms with Crippen LogP contribution in [0.3, 0.4) is 0 Å². The Bertz CT molecular complexity index is 251. The Balaban J connectivity index is 2.48. The maximum absolute atomic E-state index is 4.02. The van der Waals surface area contributed by atoms with Crippen molar-refractivity contribution in [3.05, 3.63) is 29.2 Å². The zero-order valence-corrected chi connectivity index (χ0v) is 5.98. The summed E-state index contributed by atoms with van der Waals surface area (Å²) in [5, 5.41) is 1.96. The van der Waals surface area contributed by atoms with Crippen LogP contribution in [0.1, 0.15) is 0 Å². The Morgan fingerprint density at radius 2 is 2.60 bits per heavy atom. The molecule has 2 aromatic heterocycles. The van der Waals surface area contributed by atoms with Crippen LogP contribution in [0.4, 0.5) is 0 Å². The van der Waals surface area contributed by atoms with Crippen LogP contribution < -0.4 is 0 Å². The molecule has 2 rings (SSSR count). The van der Waals surface area contributed by atoms with Crippen molar-refractivity contribution in [1.29, 1.82) is 0 Å². The van der Waals surface area contributed by atoms with Gasteiger partial charge in [0.15, 0.2) is 5.51 Å². The molecule has 1 N–H and O–H groups in total. The van der Waals surface area contributed by atoms with E-state index in [1.54, 1.807) is 0 Å². The van der Waals surface area contributed by atoms with Crippen molar-refractivity contribution < 1.29 is 0 Å². The van der Waals surface area contributed by atoms with E-state index < -0.39 is 0 Å². The summed E-state index contributed by atoms with van der Waals surface area (Å²) < 4.78 is 0. The molecule has 2 heterocycles. The van der Waals surface area contributed by atoms with E-state index in [1.807, 2.05) is 23.7 Å². The Labute approximate surface area is 62.6 Å². The third-order valence-electron chi connectivity index (χ3n) is 1.26. The van der Waals surface area contributed by atoms with Crippen LogP contribution in [-0.2, 0) is 0 Å². The number of rotatable bonds is 1. The number of thiazole rings is 1. The highest BCUT2D eigenvalue weighted by atomic mass is 32.1. The minimum atomic E-state index is 0.968. The summed E-state index contributed by atoms with van der Waals surface area (Å²) >= 11 is 1.48. The average Bonchev–Trinajstić information content (AvgIpc) is 2.59. The molecule has 0 aliphatic rings. The molecule has 1 radical (unpaired) electrons. The molecule has 0 fully saturated rings. The minimum absolute atomic E-state index is 0.968. The predicted octanol–water partition coefficient (Wildman–Crippen LogP) is 1.94. The van der Waals surface area contributed by atoms with Crippen molar-refractivity contribution in [3.63, 3.8) is 0 Å². The van der Waals surface area contributed by atoms with E-state index in [0.717, 1.165) is 11.4 Å². The van der Waals surface area contributed by atoms with Gasteiger partial charge in [0.1, 0.15) is 0 Å². The molecule has 0 amide bonds. The maximum Gasteiger partial charge on any atom is 0.152 e. The smallest absolute Gasteiger partial charge is 0.152 e. The Morgan fingerprint density at radius 1 is 1.60 bits per heavy atom. The summed E-state index contributed by atoms with van der Waals surface area (Å²) in [5.74, 6) is 0. The van der Waals surface area contributed by atoms with Gasteiger partial charge in [-0.25, -0.2) is 4.98 Å². The number of hydrogen-bond donors (Lipinski definition) is 1. The standard InChI is InChI=1S/C7H5N2S/c1-2-6(8-3-1)7-4-10-5-9-7/h1-4,8H. The monoisotopic (exact) mass is 149 g/mol. The van der Waals surface area contributed by atoms with Gasteiger partial charge in [-0.15, -0.1) is 11.3 Å². The summed E-state index contributed by atoms with van der Waals surface area (Å²) in [4.78, 5) is 7.08. The molecule has 2 nitrogen and oxygen atoms in total. The second kappa shape index (κ2) is 2.27. The molecule has 0 aliphatic carbocycles. The lowest BCUT2D eigenvalue weighted by atomic mass is 10.3. The molecular formula is C7H5N2S. The zero-order valence-electron chi connectivity index (χ0n) is 5.16. The third kappa shape index (κ3) is 0.844. The van der Waals surface area contributed by atoms with Crippen LogP contribution in [0, 0.1) is 5.51 Å². The number of nitrogens with one attached hydrogen (secondary N) is 1. The first kappa shape index (κ1) is 5.68. The highest BCUT2D eigenvalue weighted by molar-refractivity contribution is 7.07. The first-order chi connectivity index (χ1) is 4.97. The Hall–Kier alpha value is -1.09. The van der Waals surface area contributed by atoms with Crippen molar-refractivity contribution >= 4 is 11.3 Å². The van der Waals surface area contributed by atoms with Gasteiger partial charge in [0.25, 0.3) is 0 Å². The predicted molar refractivity (Wildman–Crippen MR) is 40.7 cm³/mol. The van der Waals surface area contributed by atoms with Gasteiger partial charge in [-0.2, -0.15) is 0 Å². The lowest BCUT2D eigenvalue weighted by Crippen LogP contribution is -1.73. The molecular weight excluding hydrogens is 144 g/mol. The van der Waals surface area contributed by atoms with E-state index >= 15 is 0 Å². The molecule has 0 saturated heterocycles. The summed E-state index contributed by atoms with van der Waals surface area (Å²) in [6.07, 6.45) is 1.88. The molecule has 3 heteroatoms. The first-order valence-electron chi connectivity index (χ1n) is 2.92. The molecule has 49 valence electrons. The number of nitrogens with zero attached hydrogens (tertiary/aromatic N) is 1. The van der Waals surface area contributed by atoms with Crippen LogP contribution in [0.25, 0.3) is 11.4 Å². The molecule has 2 aromatic rings. The summed E-state index contributed by atoms with van der Waals surface area (Å²) in [6.45, 7) is 0. The third-order valence-corrected chi connectivity index (χ3v) is 1.80. The maximum atomic E-state index is 4.02. The van der Waals surface area contributed by atoms with E-state index in [1.165, 1.54) is 11.3 Å². The lowest BCUT2D eigenvalue weighted by Gasteiger charge is -1.85. The fraction of sp³-hybridized carbons (Fsp3) is 0. The largest absolute Gasteiger partial charge is 0.360 e. The fourth-order valence-corrected chi connectivity index (χ4v) is 1.29. The Kier molecular flexibility index (Phi) is 1.29. The second-order valence-corrected chi connectivity index (χ2v) is 2.56. The van der Waals surface area contributed by atoms with Gasteiger partial charge in [-0.3, -0.25) is 0 Å². The van der Waals surface area contributed by atoms with Gasteiger partial charge in [0.05, 0.1) is 11.4 Å². The van der Waals surface area contributed by atoms with Crippen molar-refractivity contribution in [2.45, 2.75) is 0 Å². The average molecular weight is 149 g/mol. The molecule has 0 bridgehead atoms. The molecule has 10 heavy (non-hydrogen) atoms. The normalized spacial score (nSPS) is 10.0. The summed E-state index contributed by atoms with van der Waals surface area (Å²) in [6, 6.07) is 3.94. The van der Waals surface area contributed by atoms with Crippen LogP contribution >= 0.6 is 11.3 Å². The number of hydrogen-bond acceptors (Lipinski definition) is 2. The van der Waals surface area contributed by atoms with Crippen LogP contribution in [0.2, 0.25) is 0 Å². The van der Waals surface area contributed by atoms with Gasteiger partial charge in [0.2, 0.25) is 0 Å². The lowest BCUT2D eigenvalue weighted by molar-refractivity contribution is 1.32. The summed E-state index contributed by atoms with van der Waals surface area (Å²) in [5.41, 5.74) is 4.81. The summed E-state index contributed by atoms with van der Waals surface area (Å²) in [7, 11) is 0. The molecule has 0 aromatic carbocycles. The zero-order chi connectivity index (χ0) is 6.81. The van der Waals surface area contributed by atoms with Crippen LogP contribution in [-0.4, -0.2) is 9.97 Å². The van der Waals surface area contributed by atoms with E-state index in [9.17, 15) is 0 Å². The van der Waals surface area contributed by atoms with Crippen LogP contribution in [0.15, 0.2) is 23.7 Å². The van der Waals surface area contributed by atoms with Gasteiger partial charge in [-0.05, 0) is 12.1 Å². The van der Waals surface area contributed by atoms with E-state index in [0.29, 0.717) is 0 Å². The van der Waals surface area contributed by atoms with Crippen molar-refractivity contribution in [3.8, 4) is 11.4 Å². The highest BCUT2D eigenvalue weighted by Gasteiger charge is 1.97. The van der Waals surface area contributed by atoms with Crippen molar-refractivity contribution in [1.82, 2.24) is 9.97 Å². The van der Waals surface area contributed by atoms with Gasteiger partial charge in [-0.1, -0.05) is 0 Å². The molecule has 0 aliphatic heterocycles. The van der Waals surface area contributed by atoms with E-state index in [4.69, 9.17) is 0 Å². The van der Waals surface area contributed by atoms with Gasteiger partial charge >= 0.3 is 0 Å². The van der Waals surface area contributed by atoms with Crippen molar-refractivity contribution in [2.75, 3.05) is 0 Å². The van der Waals surface area contributed by atoms with Gasteiger partial charge in [0, 0.05) is 11.6 Å². The SMILES string of the molecule is [c]1nc(-c2ccc[nH]2)cs1. The Morgan fingerprint density at radius 3 is 3.20 bits per heavy atom. The van der Waals surface area contributed by atoms with Crippen molar-refractivity contribution in [2.24, 2.45) is 0 Å². The van der Waals surface area contributed by atoms with E-state index in [2.05, 4.69) is 15.5 Å². The number of aromatic nitrogens is 2. The molecule has 0 saturated carbocycles. The second-order valence-electron chi connectivity index (χ2n) is 1.91. The van der Waals surface area contributed by atoms with Crippen LogP contribution in [0.5, 0.6) is 0 Å². The number of H-pyrrole nitrogens is 1. The minimum Gasteiger partial charge on any atom is -0.360 e. The quantitative estimate of drug-likeness (QED) is 0.659. The highest BCUT2D eigenvalue weighted by Crippen LogP contribution is 2.14. The van der Waals surface area contributed by atoms with E-state index in [-0.39, 0.29) is 0 Å². The first-order valence-corrected chi connectivity index (χ1v) is 3.80. The topological polar surface area (TPSA) is 28.7 Å². The molecule has 0 atom stereocenters. The molecule has 0 spiro atoms. The fourth-order valence-electron chi connectivity index (χ4n) is 0.797. The molecule has 0 unspecified atom stereocenters. The number of aromatic amines is 1.